The summed E-state index contributed by atoms with van der Waals surface area (Å²) in [6.45, 7) is 0. The Hall–Kier alpha value is -1.69. The fraction of sp³-hybridized carbons (Fsp3) is 0.0769. The third kappa shape index (κ3) is 3.20. The topological polar surface area (TPSA) is 38.0 Å². The SMILES string of the molecule is Nc1ccccc1Nc1ccc(Br)c(C(F)(F)F)c1. The molecule has 0 unspecified atom stereocenters. The first-order valence-electron chi connectivity index (χ1n) is 5.36. The lowest BCUT2D eigenvalue weighted by Crippen LogP contribution is -2.07. The zero-order chi connectivity index (χ0) is 14.0. The number of rotatable bonds is 2. The third-order valence-electron chi connectivity index (χ3n) is 2.51. The molecular weight excluding hydrogens is 321 g/mol. The summed E-state index contributed by atoms with van der Waals surface area (Å²) >= 11 is 2.89. The molecule has 0 atom stereocenters. The highest BCUT2D eigenvalue weighted by Gasteiger charge is 2.33. The van der Waals surface area contributed by atoms with Crippen LogP contribution < -0.4 is 11.1 Å². The van der Waals surface area contributed by atoms with Gasteiger partial charge in [0.15, 0.2) is 0 Å². The second kappa shape index (κ2) is 5.13. The number of para-hydroxylation sites is 2. The predicted molar refractivity (Wildman–Crippen MR) is 73.3 cm³/mol. The van der Waals surface area contributed by atoms with E-state index in [2.05, 4.69) is 21.2 Å². The highest BCUT2D eigenvalue weighted by atomic mass is 79.9. The quantitative estimate of drug-likeness (QED) is 0.776. The fourth-order valence-corrected chi connectivity index (χ4v) is 2.06. The van der Waals surface area contributed by atoms with Gasteiger partial charge in [0.25, 0.3) is 0 Å². The van der Waals surface area contributed by atoms with Gasteiger partial charge in [0.2, 0.25) is 0 Å². The fourth-order valence-electron chi connectivity index (χ4n) is 1.59. The van der Waals surface area contributed by atoms with Gasteiger partial charge in [-0.1, -0.05) is 28.1 Å². The number of nitrogen functional groups attached to an aromatic ring is 1. The van der Waals surface area contributed by atoms with Crippen LogP contribution in [0, 0.1) is 0 Å². The zero-order valence-corrected chi connectivity index (χ0v) is 11.2. The minimum Gasteiger partial charge on any atom is -0.397 e. The molecule has 0 radical (unpaired) electrons. The van der Waals surface area contributed by atoms with E-state index in [4.69, 9.17) is 5.73 Å². The van der Waals surface area contributed by atoms with Crippen molar-refractivity contribution >= 4 is 33.0 Å². The van der Waals surface area contributed by atoms with E-state index in [-0.39, 0.29) is 4.47 Å². The Balaban J connectivity index is 2.35. The van der Waals surface area contributed by atoms with Crippen molar-refractivity contribution in [2.75, 3.05) is 11.1 Å². The normalized spacial score (nSPS) is 11.4. The lowest BCUT2D eigenvalue weighted by atomic mass is 10.2. The van der Waals surface area contributed by atoms with E-state index in [9.17, 15) is 13.2 Å². The van der Waals surface area contributed by atoms with Gasteiger partial charge in [-0.3, -0.25) is 0 Å². The largest absolute Gasteiger partial charge is 0.417 e. The summed E-state index contributed by atoms with van der Waals surface area (Å²) in [6, 6.07) is 10.8. The average Bonchev–Trinajstić information content (AvgIpc) is 2.33. The molecule has 0 saturated heterocycles. The van der Waals surface area contributed by atoms with Gasteiger partial charge in [-0.15, -0.1) is 0 Å². The molecule has 100 valence electrons. The molecule has 19 heavy (non-hydrogen) atoms. The minimum absolute atomic E-state index is 0.00610. The van der Waals surface area contributed by atoms with Gasteiger partial charge < -0.3 is 11.1 Å². The number of halogens is 4. The zero-order valence-electron chi connectivity index (χ0n) is 9.63. The van der Waals surface area contributed by atoms with Gasteiger partial charge in [-0.2, -0.15) is 13.2 Å². The lowest BCUT2D eigenvalue weighted by Gasteiger charge is -2.13. The molecule has 2 aromatic carbocycles. The van der Waals surface area contributed by atoms with E-state index in [0.717, 1.165) is 6.07 Å². The minimum atomic E-state index is -4.40. The summed E-state index contributed by atoms with van der Waals surface area (Å²) in [5, 5.41) is 2.87. The van der Waals surface area contributed by atoms with Crippen molar-refractivity contribution in [3.8, 4) is 0 Å². The van der Waals surface area contributed by atoms with Crippen molar-refractivity contribution in [2.24, 2.45) is 0 Å². The standard InChI is InChI=1S/C13H10BrF3N2/c14-10-6-5-8(7-9(10)13(15,16)17)19-12-4-2-1-3-11(12)18/h1-7,19H,18H2. The molecule has 2 nitrogen and oxygen atoms in total. The molecule has 0 aliphatic carbocycles. The molecule has 0 spiro atoms. The lowest BCUT2D eigenvalue weighted by molar-refractivity contribution is -0.138. The molecular formula is C13H10BrF3N2. The second-order valence-corrected chi connectivity index (χ2v) is 4.76. The molecule has 3 N–H and O–H groups in total. The number of alkyl halides is 3. The van der Waals surface area contributed by atoms with Crippen LogP contribution in [0.5, 0.6) is 0 Å². The summed E-state index contributed by atoms with van der Waals surface area (Å²) in [7, 11) is 0. The van der Waals surface area contributed by atoms with Crippen LogP contribution in [0.1, 0.15) is 5.56 Å². The maximum atomic E-state index is 12.8. The average molecular weight is 331 g/mol. The number of anilines is 3. The number of hydrogen-bond acceptors (Lipinski definition) is 2. The van der Waals surface area contributed by atoms with E-state index in [1.54, 1.807) is 30.3 Å². The Bertz CT molecular complexity index is 597. The Labute approximate surface area is 116 Å². The number of benzene rings is 2. The molecule has 0 fully saturated rings. The third-order valence-corrected chi connectivity index (χ3v) is 3.20. The van der Waals surface area contributed by atoms with E-state index in [0.29, 0.717) is 17.1 Å². The first-order valence-corrected chi connectivity index (χ1v) is 6.15. The Morgan fingerprint density at radius 1 is 1.05 bits per heavy atom. The smallest absolute Gasteiger partial charge is 0.397 e. The van der Waals surface area contributed by atoms with E-state index in [1.165, 1.54) is 6.07 Å². The maximum absolute atomic E-state index is 12.8. The number of hydrogen-bond donors (Lipinski definition) is 2. The molecule has 0 aliphatic rings. The van der Waals surface area contributed by atoms with Crippen molar-refractivity contribution in [1.82, 2.24) is 0 Å². The van der Waals surface area contributed by atoms with Crippen LogP contribution in [0.4, 0.5) is 30.2 Å². The van der Waals surface area contributed by atoms with Crippen LogP contribution in [-0.4, -0.2) is 0 Å². The van der Waals surface area contributed by atoms with Crippen LogP contribution in [0.3, 0.4) is 0 Å². The van der Waals surface area contributed by atoms with Crippen LogP contribution in [0.15, 0.2) is 46.9 Å². The van der Waals surface area contributed by atoms with Crippen LogP contribution in [-0.2, 0) is 6.18 Å². The van der Waals surface area contributed by atoms with Crippen LogP contribution in [0.2, 0.25) is 0 Å². The van der Waals surface area contributed by atoms with Crippen LogP contribution in [0.25, 0.3) is 0 Å². The highest BCUT2D eigenvalue weighted by Crippen LogP contribution is 2.37. The number of nitrogens with two attached hydrogens (primary N) is 1. The molecule has 0 aliphatic heterocycles. The van der Waals surface area contributed by atoms with Crippen LogP contribution >= 0.6 is 15.9 Å². The monoisotopic (exact) mass is 330 g/mol. The van der Waals surface area contributed by atoms with Crippen molar-refractivity contribution < 1.29 is 13.2 Å². The number of nitrogens with one attached hydrogen (secondary N) is 1. The van der Waals surface area contributed by atoms with E-state index < -0.39 is 11.7 Å². The van der Waals surface area contributed by atoms with Gasteiger partial charge in [0.05, 0.1) is 16.9 Å². The molecule has 0 aromatic heterocycles. The molecule has 0 heterocycles. The van der Waals surface area contributed by atoms with Crippen molar-refractivity contribution in [2.45, 2.75) is 6.18 Å². The first kappa shape index (κ1) is 13.7. The predicted octanol–water partition coefficient (Wildman–Crippen LogP) is 4.79. The Kier molecular flexibility index (Phi) is 3.71. The van der Waals surface area contributed by atoms with Crippen molar-refractivity contribution in [3.63, 3.8) is 0 Å². The molecule has 0 amide bonds. The van der Waals surface area contributed by atoms with Crippen molar-refractivity contribution in [3.05, 3.63) is 52.5 Å². The highest BCUT2D eigenvalue weighted by molar-refractivity contribution is 9.10. The van der Waals surface area contributed by atoms with Crippen molar-refractivity contribution in [1.29, 1.82) is 0 Å². The van der Waals surface area contributed by atoms with Gasteiger partial charge in [0, 0.05) is 10.2 Å². The summed E-state index contributed by atoms with van der Waals surface area (Å²) in [6.07, 6.45) is -4.40. The Morgan fingerprint density at radius 3 is 2.37 bits per heavy atom. The Morgan fingerprint density at radius 2 is 1.74 bits per heavy atom. The second-order valence-electron chi connectivity index (χ2n) is 3.90. The maximum Gasteiger partial charge on any atom is 0.417 e. The molecule has 0 bridgehead atoms. The molecule has 0 saturated carbocycles. The molecule has 2 rings (SSSR count). The van der Waals surface area contributed by atoms with Gasteiger partial charge in [-0.05, 0) is 30.3 Å². The molecule has 6 heteroatoms. The summed E-state index contributed by atoms with van der Waals surface area (Å²) in [5.74, 6) is 0. The van der Waals surface area contributed by atoms with E-state index >= 15 is 0 Å². The van der Waals surface area contributed by atoms with Gasteiger partial charge in [-0.25, -0.2) is 0 Å². The van der Waals surface area contributed by atoms with E-state index in [1.807, 2.05) is 0 Å². The van der Waals surface area contributed by atoms with Gasteiger partial charge >= 0.3 is 6.18 Å². The summed E-state index contributed by atoms with van der Waals surface area (Å²) in [4.78, 5) is 0. The van der Waals surface area contributed by atoms with Gasteiger partial charge in [0.1, 0.15) is 0 Å². The summed E-state index contributed by atoms with van der Waals surface area (Å²) in [5.41, 5.74) is 6.36. The summed E-state index contributed by atoms with van der Waals surface area (Å²) < 4.78 is 38.3. The molecule has 2 aromatic rings. The first-order chi connectivity index (χ1) is 8.88.